The van der Waals surface area contributed by atoms with Crippen molar-refractivity contribution >= 4 is 40.8 Å². The molecule has 3 saturated carbocycles. The molecule has 1 aliphatic heterocycles. The van der Waals surface area contributed by atoms with Crippen molar-refractivity contribution in [1.29, 1.82) is 0 Å². The molecule has 0 radical (unpaired) electrons. The summed E-state index contributed by atoms with van der Waals surface area (Å²) in [4.78, 5) is 27.6. The largest absolute Gasteiger partial charge is 0.459 e. The molecular weight excluding hydrogens is 519 g/mol. The Balaban J connectivity index is 1.25. The normalized spacial score (nSPS) is 36.3. The predicted octanol–water partition coefficient (Wildman–Crippen LogP) is 6.72. The molecule has 3 aliphatic carbocycles. The van der Waals surface area contributed by atoms with Crippen LogP contribution >= 0.6 is 23.2 Å². The number of carbonyl (C=O) groups is 2. The summed E-state index contributed by atoms with van der Waals surface area (Å²) >= 11 is 12.1. The fraction of sp³-hybridized carbons (Fsp3) is 0.742. The number of amides is 1. The second-order valence-corrected chi connectivity index (χ2v) is 13.6. The summed E-state index contributed by atoms with van der Waals surface area (Å²) in [6.07, 6.45) is 9.43. The Morgan fingerprint density at radius 3 is 2.55 bits per heavy atom. The van der Waals surface area contributed by atoms with Crippen molar-refractivity contribution in [1.82, 2.24) is 5.32 Å². The van der Waals surface area contributed by atoms with Crippen LogP contribution in [-0.4, -0.2) is 48.4 Å². The topological polar surface area (TPSA) is 58.6 Å². The number of carbonyl (C=O) groups excluding carboxylic acids is 2. The van der Waals surface area contributed by atoms with Crippen LogP contribution in [0.2, 0.25) is 0 Å². The SMILES string of the molecule is Cc1ccc(C(=O)OC2CCC3(C)C(CCC4C5CCC(=O)NC5(C)CCC43)C2)cc1N(CCCl)CCCl. The number of hydrogen-bond acceptors (Lipinski definition) is 4. The van der Waals surface area contributed by atoms with E-state index in [-0.39, 0.29) is 23.5 Å². The van der Waals surface area contributed by atoms with Crippen LogP contribution in [0.15, 0.2) is 18.2 Å². The van der Waals surface area contributed by atoms with Gasteiger partial charge in [0.2, 0.25) is 5.91 Å². The average molecular weight is 564 g/mol. The van der Waals surface area contributed by atoms with Gasteiger partial charge in [-0.3, -0.25) is 4.79 Å². The van der Waals surface area contributed by atoms with Gasteiger partial charge in [0.15, 0.2) is 0 Å². The van der Waals surface area contributed by atoms with Crippen molar-refractivity contribution in [2.75, 3.05) is 29.7 Å². The Labute approximate surface area is 238 Å². The third-order valence-electron chi connectivity index (χ3n) is 10.9. The van der Waals surface area contributed by atoms with Gasteiger partial charge in [-0.15, -0.1) is 23.2 Å². The van der Waals surface area contributed by atoms with Gasteiger partial charge in [-0.25, -0.2) is 4.79 Å². The number of hydrogen-bond donors (Lipinski definition) is 1. The summed E-state index contributed by atoms with van der Waals surface area (Å²) < 4.78 is 6.16. The van der Waals surface area contributed by atoms with Gasteiger partial charge < -0.3 is 15.0 Å². The first-order chi connectivity index (χ1) is 18.2. The van der Waals surface area contributed by atoms with Crippen molar-refractivity contribution in [2.24, 2.45) is 29.1 Å². The highest BCUT2D eigenvalue weighted by Crippen LogP contribution is 2.62. The highest BCUT2D eigenvalue weighted by atomic mass is 35.5. The van der Waals surface area contributed by atoms with Gasteiger partial charge in [0.05, 0.1) is 5.56 Å². The van der Waals surface area contributed by atoms with Crippen molar-refractivity contribution in [3.05, 3.63) is 29.3 Å². The average Bonchev–Trinajstić information content (AvgIpc) is 2.88. The number of piperidine rings is 1. The van der Waals surface area contributed by atoms with Gasteiger partial charge in [0, 0.05) is 42.5 Å². The smallest absolute Gasteiger partial charge is 0.338 e. The Hall–Kier alpha value is -1.46. The van der Waals surface area contributed by atoms with E-state index in [1.54, 1.807) is 0 Å². The zero-order valence-electron chi connectivity index (χ0n) is 23.2. The van der Waals surface area contributed by atoms with E-state index < -0.39 is 0 Å². The minimum absolute atomic E-state index is 0.0218. The van der Waals surface area contributed by atoms with E-state index in [1.807, 2.05) is 25.1 Å². The summed E-state index contributed by atoms with van der Waals surface area (Å²) in [6.45, 7) is 8.23. The number of halogens is 2. The lowest BCUT2D eigenvalue weighted by atomic mass is 9.45. The second kappa shape index (κ2) is 11.2. The van der Waals surface area contributed by atoms with Crippen molar-refractivity contribution in [3.8, 4) is 0 Å². The number of ether oxygens (including phenoxy) is 1. The molecule has 0 bridgehead atoms. The van der Waals surface area contributed by atoms with E-state index in [9.17, 15) is 9.59 Å². The van der Waals surface area contributed by atoms with E-state index >= 15 is 0 Å². The van der Waals surface area contributed by atoms with Crippen LogP contribution in [0.3, 0.4) is 0 Å². The maximum atomic E-state index is 13.3. The highest BCUT2D eigenvalue weighted by Gasteiger charge is 2.58. The molecule has 5 nitrogen and oxygen atoms in total. The molecule has 4 aliphatic rings. The van der Waals surface area contributed by atoms with Crippen LogP contribution < -0.4 is 10.2 Å². The molecule has 0 aromatic heterocycles. The Morgan fingerprint density at radius 1 is 1.05 bits per heavy atom. The number of benzene rings is 1. The van der Waals surface area contributed by atoms with Crippen LogP contribution in [0.5, 0.6) is 0 Å². The van der Waals surface area contributed by atoms with Crippen molar-refractivity contribution < 1.29 is 14.3 Å². The first kappa shape index (κ1) is 28.1. The number of esters is 1. The molecular formula is C31H44Cl2N2O3. The Kier molecular flexibility index (Phi) is 8.27. The molecule has 5 rings (SSSR count). The monoisotopic (exact) mass is 562 g/mol. The van der Waals surface area contributed by atoms with E-state index in [2.05, 4.69) is 24.1 Å². The molecule has 1 aromatic carbocycles. The molecule has 0 spiro atoms. The first-order valence-corrected chi connectivity index (χ1v) is 15.7. The van der Waals surface area contributed by atoms with Gasteiger partial charge >= 0.3 is 5.97 Å². The van der Waals surface area contributed by atoms with Gasteiger partial charge in [-0.05, 0) is 112 Å². The maximum absolute atomic E-state index is 13.3. The van der Waals surface area contributed by atoms with Gasteiger partial charge in [0.1, 0.15) is 6.10 Å². The fourth-order valence-electron chi connectivity index (χ4n) is 8.85. The molecule has 1 saturated heterocycles. The third-order valence-corrected chi connectivity index (χ3v) is 11.2. The van der Waals surface area contributed by atoms with E-state index in [1.165, 1.54) is 19.3 Å². The number of nitrogens with zero attached hydrogens (tertiary/aromatic N) is 1. The summed E-state index contributed by atoms with van der Waals surface area (Å²) in [5.41, 5.74) is 2.97. The Morgan fingerprint density at radius 2 is 1.82 bits per heavy atom. The molecule has 7 atom stereocenters. The van der Waals surface area contributed by atoms with Gasteiger partial charge in [-0.2, -0.15) is 0 Å². The standard InChI is InChI=1S/C31H44Cl2N2O3/c1-20-4-5-21(18-27(20)35(16-14-32)17-15-33)29(37)38-23-10-12-30(2)22(19-23)6-7-24-25(30)11-13-31(3)26(24)8-9-28(36)34-31/h4-5,18,22-26H,6-17,19H2,1-3H3,(H,34,36). The van der Waals surface area contributed by atoms with Crippen LogP contribution in [0.1, 0.15) is 87.6 Å². The first-order valence-electron chi connectivity index (χ1n) is 14.7. The summed E-state index contributed by atoms with van der Waals surface area (Å²) in [7, 11) is 0. The van der Waals surface area contributed by atoms with Crippen LogP contribution in [-0.2, 0) is 9.53 Å². The molecule has 7 unspecified atom stereocenters. The lowest BCUT2D eigenvalue weighted by Gasteiger charge is -2.62. The molecule has 1 amide bonds. The zero-order valence-corrected chi connectivity index (χ0v) is 24.8. The number of aryl methyl sites for hydroxylation is 1. The minimum atomic E-state index is -0.225. The van der Waals surface area contributed by atoms with Crippen LogP contribution in [0.4, 0.5) is 5.69 Å². The number of rotatable bonds is 7. The minimum Gasteiger partial charge on any atom is -0.459 e. The molecule has 1 heterocycles. The van der Waals surface area contributed by atoms with Crippen molar-refractivity contribution in [2.45, 2.75) is 90.2 Å². The summed E-state index contributed by atoms with van der Waals surface area (Å²) in [5.74, 6) is 3.61. The second-order valence-electron chi connectivity index (χ2n) is 12.9. The maximum Gasteiger partial charge on any atom is 0.338 e. The summed E-state index contributed by atoms with van der Waals surface area (Å²) in [6, 6.07) is 5.81. The quantitative estimate of drug-likeness (QED) is 0.296. The molecule has 1 N–H and O–H groups in total. The van der Waals surface area contributed by atoms with Crippen molar-refractivity contribution in [3.63, 3.8) is 0 Å². The molecule has 7 heteroatoms. The summed E-state index contributed by atoms with van der Waals surface area (Å²) in [5, 5.41) is 3.37. The molecule has 210 valence electrons. The zero-order chi connectivity index (χ0) is 27.1. The number of alkyl halides is 2. The van der Waals surface area contributed by atoms with E-state index in [4.69, 9.17) is 27.9 Å². The van der Waals surface area contributed by atoms with Crippen LogP contribution in [0, 0.1) is 36.0 Å². The Bertz CT molecular complexity index is 1040. The third kappa shape index (κ3) is 5.19. The van der Waals surface area contributed by atoms with E-state index in [0.29, 0.717) is 65.9 Å². The van der Waals surface area contributed by atoms with Gasteiger partial charge in [-0.1, -0.05) is 13.0 Å². The molecule has 38 heavy (non-hydrogen) atoms. The molecule has 1 aromatic rings. The van der Waals surface area contributed by atoms with Crippen LogP contribution in [0.25, 0.3) is 0 Å². The number of fused-ring (bicyclic) bond motifs is 5. The molecule has 4 fully saturated rings. The predicted molar refractivity (Wildman–Crippen MR) is 154 cm³/mol. The number of anilines is 1. The lowest BCUT2D eigenvalue weighted by Crippen LogP contribution is -2.63. The fourth-order valence-corrected chi connectivity index (χ4v) is 9.26. The lowest BCUT2D eigenvalue weighted by molar-refractivity contribution is -0.142. The number of nitrogens with one attached hydrogen (secondary N) is 1. The highest BCUT2D eigenvalue weighted by molar-refractivity contribution is 6.18. The van der Waals surface area contributed by atoms with Gasteiger partial charge in [0.25, 0.3) is 0 Å². The van der Waals surface area contributed by atoms with E-state index in [0.717, 1.165) is 43.4 Å².